The molecule has 0 atom stereocenters. The average molecular weight is 448 g/mol. The monoisotopic (exact) mass is 448 g/mol. The maximum atomic E-state index is 12.7. The van der Waals surface area contributed by atoms with Crippen LogP contribution in [0.15, 0.2) is 42.9 Å². The Kier molecular flexibility index (Phi) is 5.68. The van der Waals surface area contributed by atoms with Gasteiger partial charge in [-0.15, -0.1) is 0 Å². The van der Waals surface area contributed by atoms with Crippen molar-refractivity contribution in [2.24, 2.45) is 0 Å². The van der Waals surface area contributed by atoms with Gasteiger partial charge in [-0.05, 0) is 38.0 Å². The number of hydrogen-bond acceptors (Lipinski definition) is 8. The topological polar surface area (TPSA) is 103 Å². The predicted molar refractivity (Wildman–Crippen MR) is 121 cm³/mol. The molecule has 1 amide bonds. The van der Waals surface area contributed by atoms with Gasteiger partial charge < -0.3 is 24.4 Å². The molecule has 33 heavy (non-hydrogen) atoms. The molecular weight excluding hydrogens is 424 g/mol. The molecule has 1 saturated heterocycles. The maximum absolute atomic E-state index is 12.7. The number of likely N-dealkylation sites (tertiary alicyclic amines) is 1. The first-order valence-electron chi connectivity index (χ1n) is 11.0. The Morgan fingerprint density at radius 2 is 1.88 bits per heavy atom. The lowest BCUT2D eigenvalue weighted by Gasteiger charge is -2.33. The highest BCUT2D eigenvalue weighted by Gasteiger charge is 2.27. The van der Waals surface area contributed by atoms with Crippen LogP contribution in [0.5, 0.6) is 11.5 Å². The number of piperidine rings is 1. The zero-order valence-electron chi connectivity index (χ0n) is 18.2. The quantitative estimate of drug-likeness (QED) is 0.594. The highest BCUT2D eigenvalue weighted by Crippen LogP contribution is 2.39. The van der Waals surface area contributed by atoms with Crippen LogP contribution < -0.4 is 14.8 Å². The number of rotatable bonds is 5. The molecule has 0 aliphatic carbocycles. The minimum absolute atomic E-state index is 0.00475. The predicted octanol–water partition coefficient (Wildman–Crippen LogP) is 3.25. The molecule has 9 nitrogen and oxygen atoms in total. The van der Waals surface area contributed by atoms with Crippen molar-refractivity contribution < 1.29 is 23.8 Å². The van der Waals surface area contributed by atoms with Gasteiger partial charge in [0.15, 0.2) is 11.5 Å². The summed E-state index contributed by atoms with van der Waals surface area (Å²) in [6.07, 6.45) is 6.27. The molecule has 0 unspecified atom stereocenters. The van der Waals surface area contributed by atoms with Crippen LogP contribution in [0.25, 0.3) is 10.9 Å². The van der Waals surface area contributed by atoms with E-state index in [0.717, 1.165) is 18.2 Å². The third kappa shape index (κ3) is 4.13. The lowest BCUT2D eigenvalue weighted by Crippen LogP contribution is -2.42. The zero-order valence-corrected chi connectivity index (χ0v) is 18.2. The summed E-state index contributed by atoms with van der Waals surface area (Å²) in [6.45, 7) is 3.43. The second-order valence-corrected chi connectivity index (χ2v) is 7.94. The Hall–Kier alpha value is -3.88. The van der Waals surface area contributed by atoms with Crippen molar-refractivity contribution >= 4 is 28.5 Å². The number of carbonyl (C=O) groups excluding carboxylic acids is 2. The van der Waals surface area contributed by atoms with Gasteiger partial charge in [-0.25, -0.2) is 4.79 Å². The summed E-state index contributed by atoms with van der Waals surface area (Å²) >= 11 is 0. The number of carbonyl (C=O) groups is 2. The summed E-state index contributed by atoms with van der Waals surface area (Å²) < 4.78 is 16.3. The molecular formula is C24H24N4O5. The summed E-state index contributed by atoms with van der Waals surface area (Å²) in [6, 6.07) is 7.19. The lowest BCUT2D eigenvalue weighted by atomic mass is 10.0. The van der Waals surface area contributed by atoms with Crippen LogP contribution >= 0.6 is 0 Å². The van der Waals surface area contributed by atoms with Crippen LogP contribution in [-0.2, 0) is 4.74 Å². The Morgan fingerprint density at radius 3 is 2.61 bits per heavy atom. The second-order valence-electron chi connectivity index (χ2n) is 7.94. The molecule has 1 N–H and O–H groups in total. The molecule has 2 aliphatic rings. The fraction of sp³-hybridized carbons (Fsp3) is 0.333. The molecule has 2 aliphatic heterocycles. The van der Waals surface area contributed by atoms with Gasteiger partial charge in [-0.1, -0.05) is 0 Å². The molecule has 0 spiro atoms. The number of anilines is 1. The SMILES string of the molecule is CCOC(=O)c1cnc2cc3c(cc2c1NC1CCN(C(=O)c2ccncc2)CC1)OCO3. The first-order valence-corrected chi connectivity index (χ1v) is 11.0. The van der Waals surface area contributed by atoms with E-state index < -0.39 is 5.97 Å². The van der Waals surface area contributed by atoms with Gasteiger partial charge in [-0.2, -0.15) is 0 Å². The number of benzene rings is 1. The molecule has 3 aromatic rings. The van der Waals surface area contributed by atoms with Gasteiger partial charge in [0.1, 0.15) is 5.56 Å². The molecule has 9 heteroatoms. The highest BCUT2D eigenvalue weighted by molar-refractivity contribution is 6.05. The Morgan fingerprint density at radius 1 is 1.15 bits per heavy atom. The number of nitrogens with one attached hydrogen (secondary N) is 1. The van der Waals surface area contributed by atoms with E-state index in [-0.39, 0.29) is 25.3 Å². The minimum Gasteiger partial charge on any atom is -0.462 e. The summed E-state index contributed by atoms with van der Waals surface area (Å²) in [5.74, 6) is 0.821. The van der Waals surface area contributed by atoms with E-state index >= 15 is 0 Å². The summed E-state index contributed by atoms with van der Waals surface area (Å²) in [5.41, 5.74) is 2.37. The number of fused-ring (bicyclic) bond motifs is 2. The average Bonchev–Trinajstić information content (AvgIpc) is 3.31. The van der Waals surface area contributed by atoms with E-state index in [1.807, 2.05) is 17.0 Å². The van der Waals surface area contributed by atoms with Crippen molar-refractivity contribution in [2.75, 3.05) is 31.8 Å². The van der Waals surface area contributed by atoms with Crippen LogP contribution in [0, 0.1) is 0 Å². The van der Waals surface area contributed by atoms with E-state index in [9.17, 15) is 9.59 Å². The second kappa shape index (κ2) is 8.93. The Labute approximate surface area is 190 Å². The number of hydrogen-bond donors (Lipinski definition) is 1. The third-order valence-corrected chi connectivity index (χ3v) is 5.92. The molecule has 0 saturated carbocycles. The first kappa shape index (κ1) is 21.0. The van der Waals surface area contributed by atoms with Crippen molar-refractivity contribution in [1.82, 2.24) is 14.9 Å². The van der Waals surface area contributed by atoms with Crippen molar-refractivity contribution in [3.63, 3.8) is 0 Å². The van der Waals surface area contributed by atoms with E-state index in [2.05, 4.69) is 15.3 Å². The number of nitrogens with zero attached hydrogens (tertiary/aromatic N) is 3. The molecule has 2 aromatic heterocycles. The molecule has 170 valence electrons. The Bertz CT molecular complexity index is 1190. The molecule has 0 radical (unpaired) electrons. The van der Waals surface area contributed by atoms with Crippen LogP contribution in [0.1, 0.15) is 40.5 Å². The van der Waals surface area contributed by atoms with Crippen molar-refractivity contribution in [1.29, 1.82) is 0 Å². The smallest absolute Gasteiger partial charge is 0.341 e. The van der Waals surface area contributed by atoms with Crippen molar-refractivity contribution in [2.45, 2.75) is 25.8 Å². The van der Waals surface area contributed by atoms with E-state index in [1.165, 1.54) is 6.20 Å². The minimum atomic E-state index is -0.433. The van der Waals surface area contributed by atoms with Crippen LogP contribution in [0.4, 0.5) is 5.69 Å². The fourth-order valence-corrected chi connectivity index (χ4v) is 4.21. The number of esters is 1. The van der Waals surface area contributed by atoms with Gasteiger partial charge in [-0.3, -0.25) is 14.8 Å². The van der Waals surface area contributed by atoms with E-state index in [4.69, 9.17) is 14.2 Å². The Balaban J connectivity index is 1.39. The summed E-state index contributed by atoms with van der Waals surface area (Å²) in [5, 5.41) is 4.30. The van der Waals surface area contributed by atoms with Gasteiger partial charge in [0, 0.05) is 54.7 Å². The van der Waals surface area contributed by atoms with Crippen LogP contribution in [0.3, 0.4) is 0 Å². The van der Waals surface area contributed by atoms with Crippen molar-refractivity contribution in [3.8, 4) is 11.5 Å². The van der Waals surface area contributed by atoms with E-state index in [0.29, 0.717) is 46.9 Å². The number of amides is 1. The van der Waals surface area contributed by atoms with Crippen molar-refractivity contribution in [3.05, 3.63) is 54.0 Å². The summed E-state index contributed by atoms with van der Waals surface area (Å²) in [4.78, 5) is 35.7. The molecule has 1 aromatic carbocycles. The summed E-state index contributed by atoms with van der Waals surface area (Å²) in [7, 11) is 0. The maximum Gasteiger partial charge on any atom is 0.341 e. The lowest BCUT2D eigenvalue weighted by molar-refractivity contribution is 0.0527. The van der Waals surface area contributed by atoms with Gasteiger partial charge in [0.05, 0.1) is 17.8 Å². The standard InChI is InChI=1S/C24H24N4O5/c1-2-31-24(30)18-13-26-19-12-21-20(32-14-33-21)11-17(19)22(18)27-16-5-9-28(10-6-16)23(29)15-3-7-25-8-4-15/h3-4,7-8,11-13,16H,2,5-6,9-10,14H2,1H3,(H,26,27). The zero-order chi connectivity index (χ0) is 22.8. The number of ether oxygens (including phenoxy) is 3. The van der Waals surface area contributed by atoms with Crippen LogP contribution in [0.2, 0.25) is 0 Å². The van der Waals surface area contributed by atoms with Crippen LogP contribution in [-0.4, -0.2) is 59.3 Å². The molecule has 4 heterocycles. The number of pyridine rings is 2. The third-order valence-electron chi connectivity index (χ3n) is 5.92. The fourth-order valence-electron chi connectivity index (χ4n) is 4.21. The molecule has 5 rings (SSSR count). The van der Waals surface area contributed by atoms with Gasteiger partial charge in [0.25, 0.3) is 5.91 Å². The molecule has 1 fully saturated rings. The first-order chi connectivity index (χ1) is 16.1. The van der Waals surface area contributed by atoms with Gasteiger partial charge in [0.2, 0.25) is 6.79 Å². The van der Waals surface area contributed by atoms with E-state index in [1.54, 1.807) is 31.5 Å². The normalized spacial score (nSPS) is 15.5. The van der Waals surface area contributed by atoms with Gasteiger partial charge >= 0.3 is 5.97 Å². The molecule has 0 bridgehead atoms. The highest BCUT2D eigenvalue weighted by atomic mass is 16.7. The largest absolute Gasteiger partial charge is 0.462 e. The number of aromatic nitrogens is 2.